The van der Waals surface area contributed by atoms with Crippen LogP contribution in [-0.4, -0.2) is 47.6 Å². The van der Waals surface area contributed by atoms with Crippen molar-refractivity contribution in [1.82, 2.24) is 14.8 Å². The van der Waals surface area contributed by atoms with Gasteiger partial charge < -0.3 is 15.0 Å². The highest BCUT2D eigenvalue weighted by atomic mass is 35.5. The molecule has 4 heterocycles. The van der Waals surface area contributed by atoms with Crippen LogP contribution >= 0.6 is 11.6 Å². The number of aromatic nitrogens is 3. The van der Waals surface area contributed by atoms with Crippen LogP contribution < -0.4 is 15.8 Å². The Kier molecular flexibility index (Phi) is 6.12. The van der Waals surface area contributed by atoms with Crippen LogP contribution in [0.3, 0.4) is 0 Å². The number of nitrogens with one attached hydrogen (secondary N) is 1. The third-order valence-corrected chi connectivity index (χ3v) is 5.93. The Balaban J connectivity index is 1.39. The van der Waals surface area contributed by atoms with Crippen LogP contribution in [0, 0.1) is 5.92 Å². The van der Waals surface area contributed by atoms with Gasteiger partial charge in [-0.05, 0) is 43.7 Å². The molecule has 1 atom stereocenters. The van der Waals surface area contributed by atoms with Crippen molar-refractivity contribution in [2.24, 2.45) is 5.92 Å². The minimum atomic E-state index is -0.220. The van der Waals surface area contributed by atoms with Gasteiger partial charge >= 0.3 is 0 Å². The molecule has 0 bridgehead atoms. The summed E-state index contributed by atoms with van der Waals surface area (Å²) in [4.78, 5) is 19.4. The van der Waals surface area contributed by atoms with Gasteiger partial charge in [0, 0.05) is 32.4 Å². The van der Waals surface area contributed by atoms with Gasteiger partial charge in [-0.15, -0.1) is 0 Å². The number of ether oxygens (including phenoxy) is 1. The number of nitrogens with zero attached hydrogens (tertiary/aromatic N) is 4. The quantitative estimate of drug-likeness (QED) is 0.827. The average molecular weight is 404 g/mol. The van der Waals surface area contributed by atoms with Gasteiger partial charge in [-0.3, -0.25) is 4.79 Å². The molecule has 0 radical (unpaired) electrons. The second-order valence-electron chi connectivity index (χ2n) is 7.49. The molecule has 7 nitrogen and oxygen atoms in total. The molecule has 2 aromatic heterocycles. The fourth-order valence-electron chi connectivity index (χ4n) is 3.93. The standard InChI is InChI=1S/C20H26ClN5O2/c21-19-17(23-12-15-4-3-11-28-14-15)13-24-26(20(19)27)16-6-9-25(10-7-16)18-5-1-2-8-22-18/h1-2,5,8,13,15-16,23H,3-4,6-7,9-12,14H2. The van der Waals surface area contributed by atoms with Crippen LogP contribution in [0.15, 0.2) is 35.4 Å². The Bertz CT molecular complexity index is 830. The molecule has 0 aromatic carbocycles. The summed E-state index contributed by atoms with van der Waals surface area (Å²) in [5.74, 6) is 1.42. The van der Waals surface area contributed by atoms with E-state index < -0.39 is 0 Å². The summed E-state index contributed by atoms with van der Waals surface area (Å²) in [7, 11) is 0. The van der Waals surface area contributed by atoms with Crippen LogP contribution in [0.1, 0.15) is 31.7 Å². The smallest absolute Gasteiger partial charge is 0.287 e. The lowest BCUT2D eigenvalue weighted by molar-refractivity contribution is 0.0595. The number of rotatable bonds is 5. The molecular formula is C20H26ClN5O2. The minimum absolute atomic E-state index is 0.0609. The van der Waals surface area contributed by atoms with Crippen molar-refractivity contribution < 1.29 is 4.74 Å². The summed E-state index contributed by atoms with van der Waals surface area (Å²) >= 11 is 6.37. The highest BCUT2D eigenvalue weighted by molar-refractivity contribution is 6.32. The second kappa shape index (κ2) is 8.92. The van der Waals surface area contributed by atoms with E-state index in [-0.39, 0.29) is 16.6 Å². The maximum Gasteiger partial charge on any atom is 0.287 e. The Labute approximate surface area is 169 Å². The topological polar surface area (TPSA) is 72.3 Å². The second-order valence-corrected chi connectivity index (χ2v) is 7.87. The summed E-state index contributed by atoms with van der Waals surface area (Å²) < 4.78 is 7.05. The van der Waals surface area contributed by atoms with Crippen molar-refractivity contribution in [1.29, 1.82) is 0 Å². The van der Waals surface area contributed by atoms with E-state index >= 15 is 0 Å². The summed E-state index contributed by atoms with van der Waals surface area (Å²) in [6.07, 6.45) is 7.37. The van der Waals surface area contributed by atoms with Gasteiger partial charge in [-0.1, -0.05) is 17.7 Å². The van der Waals surface area contributed by atoms with E-state index in [1.807, 2.05) is 18.2 Å². The third-order valence-electron chi connectivity index (χ3n) is 5.56. The zero-order valence-electron chi connectivity index (χ0n) is 15.9. The SMILES string of the molecule is O=c1c(Cl)c(NCC2CCCOC2)cnn1C1CCN(c2ccccn2)CC1. The van der Waals surface area contributed by atoms with E-state index in [1.54, 1.807) is 17.1 Å². The largest absolute Gasteiger partial charge is 0.382 e. The van der Waals surface area contributed by atoms with Gasteiger partial charge in [-0.25, -0.2) is 9.67 Å². The molecule has 2 saturated heterocycles. The van der Waals surface area contributed by atoms with E-state index in [1.165, 1.54) is 0 Å². The number of halogens is 1. The lowest BCUT2D eigenvalue weighted by Crippen LogP contribution is -2.39. The van der Waals surface area contributed by atoms with Gasteiger partial charge in [0.25, 0.3) is 5.56 Å². The van der Waals surface area contributed by atoms with Crippen LogP contribution in [0.4, 0.5) is 11.5 Å². The molecule has 1 N–H and O–H groups in total. The van der Waals surface area contributed by atoms with E-state index in [2.05, 4.69) is 20.3 Å². The van der Waals surface area contributed by atoms with Crippen LogP contribution in [0.25, 0.3) is 0 Å². The molecule has 2 aliphatic rings. The lowest BCUT2D eigenvalue weighted by Gasteiger charge is -2.33. The zero-order valence-corrected chi connectivity index (χ0v) is 16.6. The first kappa shape index (κ1) is 19.2. The van der Waals surface area contributed by atoms with Gasteiger partial charge in [-0.2, -0.15) is 5.10 Å². The average Bonchev–Trinajstić information content (AvgIpc) is 2.76. The zero-order chi connectivity index (χ0) is 19.3. The summed E-state index contributed by atoms with van der Waals surface area (Å²) in [5.41, 5.74) is 0.391. The lowest BCUT2D eigenvalue weighted by atomic mass is 10.0. The fourth-order valence-corrected chi connectivity index (χ4v) is 4.13. The fraction of sp³-hybridized carbons (Fsp3) is 0.550. The van der Waals surface area contributed by atoms with Crippen molar-refractivity contribution in [3.63, 3.8) is 0 Å². The summed E-state index contributed by atoms with van der Waals surface area (Å²) in [6.45, 7) is 4.02. The van der Waals surface area contributed by atoms with Crippen molar-refractivity contribution in [2.45, 2.75) is 31.7 Å². The van der Waals surface area contributed by atoms with Gasteiger partial charge in [0.2, 0.25) is 0 Å². The molecule has 8 heteroatoms. The molecule has 1 unspecified atom stereocenters. The van der Waals surface area contributed by atoms with Crippen molar-refractivity contribution in [3.05, 3.63) is 46.0 Å². The Morgan fingerprint density at radius 2 is 2.11 bits per heavy atom. The number of pyridine rings is 1. The molecule has 2 fully saturated rings. The first-order valence-electron chi connectivity index (χ1n) is 9.97. The number of anilines is 2. The maximum absolute atomic E-state index is 12.8. The van der Waals surface area contributed by atoms with Gasteiger partial charge in [0.15, 0.2) is 0 Å². The first-order valence-corrected chi connectivity index (χ1v) is 10.3. The van der Waals surface area contributed by atoms with Crippen LogP contribution in [0.2, 0.25) is 5.02 Å². The van der Waals surface area contributed by atoms with Crippen molar-refractivity contribution in [2.75, 3.05) is 43.1 Å². The molecule has 150 valence electrons. The molecule has 2 aromatic rings. The number of hydrogen-bond donors (Lipinski definition) is 1. The Morgan fingerprint density at radius 1 is 1.25 bits per heavy atom. The first-order chi connectivity index (χ1) is 13.7. The maximum atomic E-state index is 12.8. The molecule has 4 rings (SSSR count). The summed E-state index contributed by atoms with van der Waals surface area (Å²) in [6, 6.07) is 5.98. The normalized spacial score (nSPS) is 20.9. The highest BCUT2D eigenvalue weighted by Gasteiger charge is 2.24. The molecule has 0 spiro atoms. The van der Waals surface area contributed by atoms with E-state index in [4.69, 9.17) is 16.3 Å². The minimum Gasteiger partial charge on any atom is -0.382 e. The van der Waals surface area contributed by atoms with Gasteiger partial charge in [0.1, 0.15) is 10.8 Å². The van der Waals surface area contributed by atoms with E-state index in [0.717, 1.165) is 64.3 Å². The predicted octanol–water partition coefficient (Wildman–Crippen LogP) is 2.97. The number of piperidine rings is 1. The number of hydrogen-bond acceptors (Lipinski definition) is 6. The van der Waals surface area contributed by atoms with Gasteiger partial charge in [0.05, 0.1) is 24.5 Å². The van der Waals surface area contributed by atoms with E-state index in [9.17, 15) is 4.79 Å². The molecule has 0 aliphatic carbocycles. The van der Waals surface area contributed by atoms with Crippen LogP contribution in [0.5, 0.6) is 0 Å². The van der Waals surface area contributed by atoms with E-state index in [0.29, 0.717) is 11.6 Å². The summed E-state index contributed by atoms with van der Waals surface area (Å²) in [5, 5.41) is 7.92. The molecule has 28 heavy (non-hydrogen) atoms. The predicted molar refractivity (Wildman–Crippen MR) is 110 cm³/mol. The van der Waals surface area contributed by atoms with Crippen molar-refractivity contribution >= 4 is 23.1 Å². The Hall–Kier alpha value is -2.12. The molecule has 2 aliphatic heterocycles. The molecule has 0 saturated carbocycles. The van der Waals surface area contributed by atoms with Crippen LogP contribution in [-0.2, 0) is 4.74 Å². The van der Waals surface area contributed by atoms with Crippen molar-refractivity contribution in [3.8, 4) is 0 Å². The molecular weight excluding hydrogens is 378 g/mol. The molecule has 0 amide bonds. The third kappa shape index (κ3) is 4.31. The highest BCUT2D eigenvalue weighted by Crippen LogP contribution is 2.25. The monoisotopic (exact) mass is 403 g/mol. The Morgan fingerprint density at radius 3 is 2.82 bits per heavy atom.